The predicted molar refractivity (Wildman–Crippen MR) is 132 cm³/mol. The molecule has 2 aliphatic heterocycles. The first kappa shape index (κ1) is 23.0. The van der Waals surface area contributed by atoms with Gasteiger partial charge in [0.05, 0.1) is 28.7 Å². The second-order valence-corrected chi connectivity index (χ2v) is 8.91. The summed E-state index contributed by atoms with van der Waals surface area (Å²) in [6, 6.07) is 12.6. The van der Waals surface area contributed by atoms with Gasteiger partial charge in [0.2, 0.25) is 0 Å². The zero-order valence-corrected chi connectivity index (χ0v) is 19.5. The minimum absolute atomic E-state index is 0.00624. The van der Waals surface area contributed by atoms with Gasteiger partial charge in [0.15, 0.2) is 5.17 Å². The van der Waals surface area contributed by atoms with Crippen molar-refractivity contribution in [3.8, 4) is 0 Å². The van der Waals surface area contributed by atoms with Crippen LogP contribution in [0.25, 0.3) is 6.08 Å². The Morgan fingerprint density at radius 1 is 1.18 bits per heavy atom. The van der Waals surface area contributed by atoms with Crippen molar-refractivity contribution in [2.75, 3.05) is 37.7 Å². The maximum atomic E-state index is 13.2. The Balaban J connectivity index is 1.72. The molecular formula is C24H26N4O4S. The topological polar surface area (TPSA) is 88.3 Å². The minimum atomic E-state index is -0.414. The van der Waals surface area contributed by atoms with Crippen molar-refractivity contribution < 1.29 is 14.5 Å². The lowest BCUT2D eigenvalue weighted by Gasteiger charge is -2.30. The first-order chi connectivity index (χ1) is 16.0. The number of anilines is 1. The number of benzene rings is 2. The lowest BCUT2D eigenvalue weighted by molar-refractivity contribution is -0.384. The van der Waals surface area contributed by atoms with E-state index in [9.17, 15) is 14.9 Å². The smallest absolute Gasteiger partial charge is 0.270 e. The number of hydrogen-bond donors (Lipinski definition) is 0. The van der Waals surface area contributed by atoms with Gasteiger partial charge >= 0.3 is 0 Å². The van der Waals surface area contributed by atoms with Crippen LogP contribution in [0.3, 0.4) is 0 Å². The third kappa shape index (κ3) is 5.26. The van der Waals surface area contributed by atoms with Gasteiger partial charge in [-0.1, -0.05) is 24.6 Å². The number of aryl methyl sites for hydroxylation is 1. The van der Waals surface area contributed by atoms with Crippen molar-refractivity contribution in [2.24, 2.45) is 4.99 Å². The number of thioether (sulfide) groups is 1. The molecule has 2 heterocycles. The van der Waals surface area contributed by atoms with Gasteiger partial charge in [-0.25, -0.2) is 4.99 Å². The molecule has 2 aliphatic rings. The number of amidine groups is 1. The molecule has 1 amide bonds. The van der Waals surface area contributed by atoms with E-state index in [4.69, 9.17) is 9.73 Å². The maximum absolute atomic E-state index is 13.2. The fourth-order valence-corrected chi connectivity index (χ4v) is 4.76. The third-order valence-corrected chi connectivity index (χ3v) is 6.46. The highest BCUT2D eigenvalue weighted by atomic mass is 32.2. The molecule has 0 saturated carbocycles. The Labute approximate surface area is 197 Å². The van der Waals surface area contributed by atoms with E-state index in [2.05, 4.69) is 4.90 Å². The molecule has 0 atom stereocenters. The first-order valence-corrected chi connectivity index (χ1v) is 11.8. The molecule has 2 aromatic carbocycles. The lowest BCUT2D eigenvalue weighted by atomic mass is 10.1. The van der Waals surface area contributed by atoms with E-state index in [0.717, 1.165) is 23.4 Å². The van der Waals surface area contributed by atoms with Crippen molar-refractivity contribution in [3.05, 3.63) is 68.6 Å². The SMILES string of the molecule is CCCN1C(=O)/C(=C\c2cc([N+](=O)[O-])ccc2N2CCOCC2)SC1=Nc1ccc(C)cc1. The molecule has 0 unspecified atom stereocenters. The molecular weight excluding hydrogens is 440 g/mol. The monoisotopic (exact) mass is 466 g/mol. The van der Waals surface area contributed by atoms with Gasteiger partial charge in [-0.2, -0.15) is 0 Å². The number of amides is 1. The molecule has 0 aliphatic carbocycles. The van der Waals surface area contributed by atoms with E-state index < -0.39 is 4.92 Å². The van der Waals surface area contributed by atoms with Crippen molar-refractivity contribution in [3.63, 3.8) is 0 Å². The number of aliphatic imine (C=N–C) groups is 1. The quantitative estimate of drug-likeness (QED) is 0.347. The third-order valence-electron chi connectivity index (χ3n) is 5.45. The van der Waals surface area contributed by atoms with Crippen LogP contribution in [0.4, 0.5) is 17.1 Å². The van der Waals surface area contributed by atoms with E-state index in [0.29, 0.717) is 48.5 Å². The summed E-state index contributed by atoms with van der Waals surface area (Å²) in [5.41, 5.74) is 3.42. The number of non-ortho nitro benzene ring substituents is 1. The van der Waals surface area contributed by atoms with E-state index in [1.165, 1.54) is 23.9 Å². The summed E-state index contributed by atoms with van der Waals surface area (Å²) in [6.07, 6.45) is 2.55. The largest absolute Gasteiger partial charge is 0.378 e. The van der Waals surface area contributed by atoms with Gasteiger partial charge < -0.3 is 9.64 Å². The highest BCUT2D eigenvalue weighted by Gasteiger charge is 2.33. The Morgan fingerprint density at radius 3 is 2.58 bits per heavy atom. The van der Waals surface area contributed by atoms with Crippen LogP contribution in [0, 0.1) is 17.0 Å². The number of carbonyl (C=O) groups is 1. The van der Waals surface area contributed by atoms with Crippen LogP contribution < -0.4 is 4.90 Å². The van der Waals surface area contributed by atoms with Crippen LogP contribution in [0.2, 0.25) is 0 Å². The summed E-state index contributed by atoms with van der Waals surface area (Å²) < 4.78 is 5.45. The molecule has 9 heteroatoms. The van der Waals surface area contributed by atoms with E-state index in [-0.39, 0.29) is 11.6 Å². The Bertz CT molecular complexity index is 1110. The fraction of sp³-hybridized carbons (Fsp3) is 0.333. The molecule has 33 heavy (non-hydrogen) atoms. The van der Waals surface area contributed by atoms with Crippen molar-refractivity contribution in [1.29, 1.82) is 0 Å². The van der Waals surface area contributed by atoms with Gasteiger partial charge in [0.25, 0.3) is 11.6 Å². The summed E-state index contributed by atoms with van der Waals surface area (Å²) in [6.45, 7) is 7.16. The van der Waals surface area contributed by atoms with Crippen molar-refractivity contribution >= 4 is 46.0 Å². The minimum Gasteiger partial charge on any atom is -0.378 e. The molecule has 2 saturated heterocycles. The van der Waals surface area contributed by atoms with Crippen molar-refractivity contribution in [1.82, 2.24) is 4.90 Å². The van der Waals surface area contributed by atoms with E-state index >= 15 is 0 Å². The molecule has 0 aromatic heterocycles. The van der Waals surface area contributed by atoms with E-state index in [1.807, 2.05) is 38.1 Å². The predicted octanol–water partition coefficient (Wildman–Crippen LogP) is 4.75. The number of nitro benzene ring substituents is 1. The van der Waals surface area contributed by atoms with Gasteiger partial charge in [-0.15, -0.1) is 0 Å². The molecule has 8 nitrogen and oxygen atoms in total. The summed E-state index contributed by atoms with van der Waals surface area (Å²) in [4.78, 5) is 33.3. The molecule has 172 valence electrons. The zero-order valence-electron chi connectivity index (χ0n) is 18.7. The zero-order chi connectivity index (χ0) is 23.4. The van der Waals surface area contributed by atoms with Gasteiger partial charge in [-0.3, -0.25) is 19.8 Å². The van der Waals surface area contributed by atoms with Crippen LogP contribution in [-0.4, -0.2) is 53.7 Å². The first-order valence-electron chi connectivity index (χ1n) is 10.9. The molecule has 2 fully saturated rings. The molecule has 0 N–H and O–H groups in total. The Hall–Kier alpha value is -3.17. The van der Waals surface area contributed by atoms with Crippen LogP contribution in [0.15, 0.2) is 52.4 Å². The highest BCUT2D eigenvalue weighted by molar-refractivity contribution is 8.18. The molecule has 4 rings (SSSR count). The number of rotatable bonds is 6. The van der Waals surface area contributed by atoms with Crippen LogP contribution in [0.5, 0.6) is 0 Å². The lowest BCUT2D eigenvalue weighted by Crippen LogP contribution is -2.36. The number of hydrogen-bond acceptors (Lipinski definition) is 7. The van der Waals surface area contributed by atoms with Gasteiger partial charge in [0, 0.05) is 43.0 Å². The number of carbonyl (C=O) groups excluding carboxylic acids is 1. The average molecular weight is 467 g/mol. The van der Waals surface area contributed by atoms with Gasteiger partial charge in [-0.05, 0) is 49.4 Å². The standard InChI is InChI=1S/C24H26N4O4S/c1-3-10-27-23(29)22(33-24(27)25-19-6-4-17(2)5-7-19)16-18-15-20(28(30)31)8-9-21(18)26-11-13-32-14-12-26/h4-9,15-16H,3,10-14H2,1-2H3/b22-16+,25-24?. The van der Waals surface area contributed by atoms with Crippen LogP contribution in [-0.2, 0) is 9.53 Å². The summed E-state index contributed by atoms with van der Waals surface area (Å²) >= 11 is 1.30. The number of morpholine rings is 1. The fourth-order valence-electron chi connectivity index (χ4n) is 3.75. The summed E-state index contributed by atoms with van der Waals surface area (Å²) in [5.74, 6) is -0.132. The molecule has 2 aromatic rings. The molecule has 0 spiro atoms. The summed E-state index contributed by atoms with van der Waals surface area (Å²) in [5, 5.41) is 12.0. The second kappa shape index (κ2) is 10.2. The second-order valence-electron chi connectivity index (χ2n) is 7.90. The number of ether oxygens (including phenoxy) is 1. The molecule has 0 bridgehead atoms. The number of nitrogens with zero attached hydrogens (tertiary/aromatic N) is 4. The molecule has 0 radical (unpaired) electrons. The van der Waals surface area contributed by atoms with Crippen LogP contribution >= 0.6 is 11.8 Å². The average Bonchev–Trinajstić information content (AvgIpc) is 3.10. The Kier molecular flexibility index (Phi) is 7.10. The maximum Gasteiger partial charge on any atom is 0.270 e. The Morgan fingerprint density at radius 2 is 1.91 bits per heavy atom. The van der Waals surface area contributed by atoms with Crippen molar-refractivity contribution in [2.45, 2.75) is 20.3 Å². The van der Waals surface area contributed by atoms with E-state index in [1.54, 1.807) is 17.0 Å². The highest BCUT2D eigenvalue weighted by Crippen LogP contribution is 2.37. The van der Waals surface area contributed by atoms with Crippen LogP contribution in [0.1, 0.15) is 24.5 Å². The number of nitro groups is 1. The van der Waals surface area contributed by atoms with Gasteiger partial charge in [0.1, 0.15) is 0 Å². The summed E-state index contributed by atoms with van der Waals surface area (Å²) in [7, 11) is 0. The normalized spacial score (nSPS) is 19.0.